The van der Waals surface area contributed by atoms with Crippen LogP contribution >= 0.6 is 11.3 Å². The Morgan fingerprint density at radius 2 is 1.88 bits per heavy atom. The van der Waals surface area contributed by atoms with Crippen LogP contribution in [-0.2, 0) is 21.2 Å². The summed E-state index contributed by atoms with van der Waals surface area (Å²) in [5.41, 5.74) is 0. The lowest BCUT2D eigenvalue weighted by atomic mass is 10.3. The van der Waals surface area contributed by atoms with Crippen LogP contribution in [-0.4, -0.2) is 44.9 Å². The minimum absolute atomic E-state index is 0.0388. The van der Waals surface area contributed by atoms with Crippen molar-refractivity contribution in [2.24, 2.45) is 0 Å². The molecule has 8 heteroatoms. The van der Waals surface area contributed by atoms with Crippen LogP contribution in [0.5, 0.6) is 5.75 Å². The van der Waals surface area contributed by atoms with Gasteiger partial charge in [0, 0.05) is 18.0 Å². The van der Waals surface area contributed by atoms with Crippen molar-refractivity contribution < 1.29 is 17.9 Å². The van der Waals surface area contributed by atoms with E-state index in [0.29, 0.717) is 38.4 Å². The molecule has 0 aliphatic carbocycles. The Labute approximate surface area is 157 Å². The molecule has 0 radical (unpaired) electrons. The fourth-order valence-corrected chi connectivity index (χ4v) is 5.00. The van der Waals surface area contributed by atoms with Gasteiger partial charge in [-0.1, -0.05) is 6.07 Å². The van der Waals surface area contributed by atoms with Gasteiger partial charge in [0.2, 0.25) is 15.9 Å². The molecular formula is C18H22N2O4S2. The number of ether oxygens (including phenoxy) is 1. The maximum atomic E-state index is 12.5. The number of carbonyl (C=O) groups is 1. The van der Waals surface area contributed by atoms with Crippen LogP contribution < -0.4 is 10.1 Å². The van der Waals surface area contributed by atoms with E-state index in [2.05, 4.69) is 5.32 Å². The molecule has 1 aliphatic heterocycles. The molecule has 1 aliphatic rings. The molecule has 2 heterocycles. The number of hydrogen-bond donors (Lipinski definition) is 1. The first-order chi connectivity index (χ1) is 12.6. The maximum Gasteiger partial charge on any atom is 0.243 e. The van der Waals surface area contributed by atoms with E-state index in [4.69, 9.17) is 4.74 Å². The lowest BCUT2D eigenvalue weighted by Gasteiger charge is -2.15. The largest absolute Gasteiger partial charge is 0.492 e. The molecule has 1 saturated heterocycles. The van der Waals surface area contributed by atoms with Gasteiger partial charge in [-0.05, 0) is 48.6 Å². The van der Waals surface area contributed by atoms with Crippen molar-refractivity contribution in [1.82, 2.24) is 9.62 Å². The molecule has 0 saturated carbocycles. The van der Waals surface area contributed by atoms with Gasteiger partial charge in [-0.3, -0.25) is 4.79 Å². The van der Waals surface area contributed by atoms with Gasteiger partial charge in [0.05, 0.1) is 17.9 Å². The van der Waals surface area contributed by atoms with Gasteiger partial charge in [0.1, 0.15) is 12.4 Å². The maximum absolute atomic E-state index is 12.5. The molecule has 1 fully saturated rings. The number of benzene rings is 1. The summed E-state index contributed by atoms with van der Waals surface area (Å²) in [5.74, 6) is 0.543. The predicted molar refractivity (Wildman–Crippen MR) is 101 cm³/mol. The first-order valence-corrected chi connectivity index (χ1v) is 10.9. The van der Waals surface area contributed by atoms with E-state index in [0.717, 1.165) is 17.7 Å². The van der Waals surface area contributed by atoms with Gasteiger partial charge in [0.25, 0.3) is 0 Å². The number of sulfonamides is 1. The van der Waals surface area contributed by atoms with Crippen molar-refractivity contribution in [3.8, 4) is 5.75 Å². The summed E-state index contributed by atoms with van der Waals surface area (Å²) in [4.78, 5) is 13.1. The van der Waals surface area contributed by atoms with Crippen LogP contribution in [0.1, 0.15) is 17.7 Å². The lowest BCUT2D eigenvalue weighted by Crippen LogP contribution is -2.29. The SMILES string of the molecule is O=C(Cc1cccs1)NCCOc1ccc(S(=O)(=O)N2CCCC2)cc1. The molecule has 0 atom stereocenters. The number of hydrogen-bond acceptors (Lipinski definition) is 5. The summed E-state index contributed by atoms with van der Waals surface area (Å²) in [5, 5.41) is 4.75. The molecule has 6 nitrogen and oxygen atoms in total. The standard InChI is InChI=1S/C18H22N2O4S2/c21-18(14-16-4-3-13-25-16)19-9-12-24-15-5-7-17(8-6-15)26(22,23)20-10-1-2-11-20/h3-8,13H,1-2,9-12,14H2,(H,19,21). The van der Waals surface area contributed by atoms with Crippen molar-refractivity contribution in [2.75, 3.05) is 26.2 Å². The smallest absolute Gasteiger partial charge is 0.243 e. The number of nitrogens with one attached hydrogen (secondary N) is 1. The zero-order valence-corrected chi connectivity index (χ0v) is 16.0. The minimum atomic E-state index is -3.40. The molecule has 1 aromatic heterocycles. The Bertz CT molecular complexity index is 811. The number of rotatable bonds is 8. The highest BCUT2D eigenvalue weighted by Gasteiger charge is 2.26. The van der Waals surface area contributed by atoms with E-state index in [1.807, 2.05) is 17.5 Å². The Kier molecular flexibility index (Phi) is 6.29. The van der Waals surface area contributed by atoms with Crippen LogP contribution in [0.25, 0.3) is 0 Å². The summed E-state index contributed by atoms with van der Waals surface area (Å²) in [6.07, 6.45) is 2.21. The molecule has 3 rings (SSSR count). The Hall–Kier alpha value is -1.90. The molecule has 0 spiro atoms. The van der Waals surface area contributed by atoms with Crippen LogP contribution in [0.2, 0.25) is 0 Å². The van der Waals surface area contributed by atoms with Gasteiger partial charge >= 0.3 is 0 Å². The lowest BCUT2D eigenvalue weighted by molar-refractivity contribution is -0.120. The number of thiophene rings is 1. The number of nitrogens with zero attached hydrogens (tertiary/aromatic N) is 1. The van der Waals surface area contributed by atoms with Gasteiger partial charge < -0.3 is 10.1 Å². The van der Waals surface area contributed by atoms with Crippen LogP contribution in [0.15, 0.2) is 46.7 Å². The molecule has 26 heavy (non-hydrogen) atoms. The van der Waals surface area contributed by atoms with Crippen molar-refractivity contribution in [3.05, 3.63) is 46.7 Å². The molecule has 1 aromatic carbocycles. The van der Waals surface area contributed by atoms with Crippen molar-refractivity contribution in [3.63, 3.8) is 0 Å². The molecule has 1 N–H and O–H groups in total. The Balaban J connectivity index is 1.43. The van der Waals surface area contributed by atoms with Crippen LogP contribution in [0.4, 0.5) is 0 Å². The highest BCUT2D eigenvalue weighted by Crippen LogP contribution is 2.22. The molecule has 0 unspecified atom stereocenters. The van der Waals surface area contributed by atoms with Gasteiger partial charge in [-0.25, -0.2) is 8.42 Å². The summed E-state index contributed by atoms with van der Waals surface area (Å²) < 4.78 is 32.0. The molecule has 1 amide bonds. The normalized spacial score (nSPS) is 15.1. The second kappa shape index (κ2) is 8.66. The molecule has 140 valence electrons. The number of carbonyl (C=O) groups excluding carboxylic acids is 1. The Morgan fingerprint density at radius 3 is 2.54 bits per heavy atom. The third-order valence-electron chi connectivity index (χ3n) is 4.13. The average molecular weight is 395 g/mol. The second-order valence-electron chi connectivity index (χ2n) is 6.04. The van der Waals surface area contributed by atoms with Crippen molar-refractivity contribution in [2.45, 2.75) is 24.2 Å². The van der Waals surface area contributed by atoms with Crippen LogP contribution in [0, 0.1) is 0 Å². The Morgan fingerprint density at radius 1 is 1.15 bits per heavy atom. The molecular weight excluding hydrogens is 372 g/mol. The van der Waals surface area contributed by atoms with Crippen molar-refractivity contribution in [1.29, 1.82) is 0 Å². The summed E-state index contributed by atoms with van der Waals surface area (Å²) in [7, 11) is -3.40. The summed E-state index contributed by atoms with van der Waals surface area (Å²) in [6.45, 7) is 1.91. The first kappa shape index (κ1) is 18.9. The topological polar surface area (TPSA) is 75.7 Å². The van der Waals surface area contributed by atoms with Gasteiger partial charge in [-0.15, -0.1) is 11.3 Å². The third kappa shape index (κ3) is 4.84. The fourth-order valence-electron chi connectivity index (χ4n) is 2.78. The van der Waals surface area contributed by atoms with Crippen LogP contribution in [0.3, 0.4) is 0 Å². The van der Waals surface area contributed by atoms with E-state index < -0.39 is 10.0 Å². The highest BCUT2D eigenvalue weighted by molar-refractivity contribution is 7.89. The average Bonchev–Trinajstić information content (AvgIpc) is 3.33. The zero-order valence-electron chi connectivity index (χ0n) is 14.4. The van der Waals surface area contributed by atoms with E-state index >= 15 is 0 Å². The van der Waals surface area contributed by atoms with E-state index in [9.17, 15) is 13.2 Å². The first-order valence-electron chi connectivity index (χ1n) is 8.58. The van der Waals surface area contributed by atoms with Gasteiger partial charge in [-0.2, -0.15) is 4.31 Å². The van der Waals surface area contributed by atoms with E-state index in [1.54, 1.807) is 35.6 Å². The zero-order chi connectivity index (χ0) is 18.4. The summed E-state index contributed by atoms with van der Waals surface area (Å²) in [6, 6.07) is 10.3. The number of amides is 1. The highest BCUT2D eigenvalue weighted by atomic mass is 32.2. The molecule has 0 bridgehead atoms. The quantitative estimate of drug-likeness (QED) is 0.697. The van der Waals surface area contributed by atoms with E-state index in [1.165, 1.54) is 4.31 Å². The fraction of sp³-hybridized carbons (Fsp3) is 0.389. The van der Waals surface area contributed by atoms with E-state index in [-0.39, 0.29) is 10.8 Å². The molecule has 2 aromatic rings. The second-order valence-corrected chi connectivity index (χ2v) is 9.01. The monoisotopic (exact) mass is 394 g/mol. The summed E-state index contributed by atoms with van der Waals surface area (Å²) >= 11 is 1.55. The van der Waals surface area contributed by atoms with Crippen molar-refractivity contribution >= 4 is 27.3 Å². The third-order valence-corrected chi connectivity index (χ3v) is 6.92. The predicted octanol–water partition coefficient (Wildman–Crippen LogP) is 2.27. The minimum Gasteiger partial charge on any atom is -0.492 e. The van der Waals surface area contributed by atoms with Gasteiger partial charge in [0.15, 0.2) is 0 Å².